The van der Waals surface area contributed by atoms with E-state index in [4.69, 9.17) is 0 Å². The van der Waals surface area contributed by atoms with Gasteiger partial charge in [-0.05, 0) is 33.9 Å². The lowest BCUT2D eigenvalue weighted by molar-refractivity contribution is 0.344. The second-order valence-electron chi connectivity index (χ2n) is 9.27. The highest BCUT2D eigenvalue weighted by Gasteiger charge is 2.55. The van der Waals surface area contributed by atoms with E-state index >= 15 is 0 Å². The molecule has 1 aliphatic heterocycles. The van der Waals surface area contributed by atoms with Crippen LogP contribution in [0.15, 0.2) is 115 Å². The summed E-state index contributed by atoms with van der Waals surface area (Å²) in [6.45, 7) is 0. The van der Waals surface area contributed by atoms with Crippen LogP contribution in [0, 0.1) is 5.92 Å². The van der Waals surface area contributed by atoms with E-state index in [1.165, 1.54) is 49.6 Å². The van der Waals surface area contributed by atoms with Gasteiger partial charge in [0.05, 0.1) is 17.0 Å². The first-order valence-electron chi connectivity index (χ1n) is 11.5. The normalized spacial score (nSPS) is 21.1. The van der Waals surface area contributed by atoms with Crippen molar-refractivity contribution in [3.63, 3.8) is 0 Å². The van der Waals surface area contributed by atoms with Gasteiger partial charge in [0.15, 0.2) is 0 Å². The van der Waals surface area contributed by atoms with Gasteiger partial charge in [0, 0.05) is 22.2 Å². The summed E-state index contributed by atoms with van der Waals surface area (Å²) < 4.78 is 2.61. The number of aromatic nitrogens is 1. The smallest absolute Gasteiger partial charge is 0.0603 e. The molecule has 2 aliphatic carbocycles. The van der Waals surface area contributed by atoms with Crippen LogP contribution in [0.2, 0.25) is 0 Å². The van der Waals surface area contributed by atoms with Crippen LogP contribution in [0.4, 0.5) is 0 Å². The minimum Gasteiger partial charge on any atom is -0.333 e. The van der Waals surface area contributed by atoms with Gasteiger partial charge in [0.2, 0.25) is 0 Å². The van der Waals surface area contributed by atoms with Crippen LogP contribution in [0.1, 0.15) is 22.7 Å². The Hall–Kier alpha value is -3.84. The van der Waals surface area contributed by atoms with Crippen LogP contribution in [0.25, 0.3) is 32.9 Å². The van der Waals surface area contributed by atoms with Crippen molar-refractivity contribution in [2.45, 2.75) is 11.5 Å². The molecule has 0 radical (unpaired) electrons. The molecule has 3 aliphatic rings. The van der Waals surface area contributed by atoms with E-state index in [1.54, 1.807) is 0 Å². The molecule has 2 heterocycles. The van der Waals surface area contributed by atoms with Gasteiger partial charge < -0.3 is 4.57 Å². The lowest BCUT2D eigenvalue weighted by Crippen LogP contribution is -2.43. The Morgan fingerprint density at radius 1 is 0.562 bits per heavy atom. The van der Waals surface area contributed by atoms with Gasteiger partial charge in [-0.25, -0.2) is 0 Å². The van der Waals surface area contributed by atoms with Crippen molar-refractivity contribution >= 4 is 21.8 Å². The van der Waals surface area contributed by atoms with Crippen molar-refractivity contribution < 1.29 is 0 Å². The molecule has 0 bridgehead atoms. The molecule has 150 valence electrons. The minimum absolute atomic E-state index is 0.191. The Morgan fingerprint density at radius 3 is 2.00 bits per heavy atom. The SMILES string of the molecule is C1=CC2C(C=C1)C1(c3ccccc3-c3ccccc31)c1cccc3c4ccccc4n2c13. The summed E-state index contributed by atoms with van der Waals surface area (Å²) in [4.78, 5) is 0. The number of hydrogen-bond acceptors (Lipinski definition) is 0. The average Bonchev–Trinajstić information content (AvgIpc) is 3.35. The highest BCUT2D eigenvalue weighted by molar-refractivity contribution is 6.10. The standard InChI is InChI=1S/C31H21N/c1-4-14-24-20(10-1)21-11-2-5-15-25(21)31(24)26-16-6-8-19-29(26)32-28-18-7-3-12-22(28)23-13-9-17-27(31)30(23)32/h1-19,26,29H. The Morgan fingerprint density at radius 2 is 1.19 bits per heavy atom. The fourth-order valence-corrected chi connectivity index (χ4v) is 7.02. The molecule has 2 atom stereocenters. The molecule has 2 unspecified atom stereocenters. The first-order valence-corrected chi connectivity index (χ1v) is 11.5. The first-order chi connectivity index (χ1) is 15.9. The molecule has 0 saturated carbocycles. The van der Waals surface area contributed by atoms with Gasteiger partial charge in [-0.3, -0.25) is 0 Å². The second-order valence-corrected chi connectivity index (χ2v) is 9.27. The molecular formula is C31H21N. The third kappa shape index (κ3) is 1.72. The second kappa shape index (κ2) is 5.69. The van der Waals surface area contributed by atoms with Crippen LogP contribution >= 0.6 is 0 Å². The van der Waals surface area contributed by atoms with Crippen molar-refractivity contribution in [1.29, 1.82) is 0 Å². The number of rotatable bonds is 0. The molecule has 1 aromatic heterocycles. The highest BCUT2D eigenvalue weighted by Crippen LogP contribution is 2.63. The van der Waals surface area contributed by atoms with Crippen LogP contribution in [0.3, 0.4) is 0 Å². The molecular weight excluding hydrogens is 386 g/mol. The summed E-state index contributed by atoms with van der Waals surface area (Å²) in [5.74, 6) is 0.311. The van der Waals surface area contributed by atoms with Gasteiger partial charge in [0.1, 0.15) is 0 Å². The van der Waals surface area contributed by atoms with Gasteiger partial charge in [-0.15, -0.1) is 0 Å². The van der Waals surface area contributed by atoms with E-state index in [-0.39, 0.29) is 11.5 Å². The van der Waals surface area contributed by atoms with E-state index in [0.29, 0.717) is 5.92 Å². The van der Waals surface area contributed by atoms with E-state index in [2.05, 4.69) is 120 Å². The number of hydrogen-bond donors (Lipinski definition) is 0. The number of allylic oxidation sites excluding steroid dienone is 4. The Balaban J connectivity index is 1.65. The molecule has 4 aromatic carbocycles. The van der Waals surface area contributed by atoms with Crippen molar-refractivity contribution in [2.75, 3.05) is 0 Å². The molecule has 5 aromatic rings. The predicted octanol–water partition coefficient (Wildman–Crippen LogP) is 7.41. The molecule has 1 heteroatoms. The van der Waals surface area contributed by atoms with Crippen molar-refractivity contribution in [1.82, 2.24) is 4.57 Å². The summed E-state index contributed by atoms with van der Waals surface area (Å²) >= 11 is 0. The summed E-state index contributed by atoms with van der Waals surface area (Å²) in [5.41, 5.74) is 9.62. The predicted molar refractivity (Wildman–Crippen MR) is 132 cm³/mol. The minimum atomic E-state index is -0.191. The average molecular weight is 408 g/mol. The molecule has 1 nitrogen and oxygen atoms in total. The quantitative estimate of drug-likeness (QED) is 0.252. The van der Waals surface area contributed by atoms with Crippen LogP contribution in [-0.2, 0) is 5.41 Å². The summed E-state index contributed by atoms with van der Waals surface area (Å²) in [5, 5.41) is 2.71. The maximum absolute atomic E-state index is 2.61. The number of para-hydroxylation sites is 2. The van der Waals surface area contributed by atoms with Crippen molar-refractivity contribution in [3.8, 4) is 11.1 Å². The number of nitrogens with zero attached hydrogens (tertiary/aromatic N) is 1. The first kappa shape index (κ1) is 16.8. The molecule has 0 amide bonds. The molecule has 0 saturated heterocycles. The van der Waals surface area contributed by atoms with Crippen LogP contribution < -0.4 is 0 Å². The van der Waals surface area contributed by atoms with E-state index in [9.17, 15) is 0 Å². The third-order valence-corrected chi connectivity index (χ3v) is 8.05. The molecule has 8 rings (SSSR count). The van der Waals surface area contributed by atoms with Crippen LogP contribution in [-0.4, -0.2) is 4.57 Å². The topological polar surface area (TPSA) is 4.93 Å². The molecule has 0 fully saturated rings. The molecule has 1 spiro atoms. The van der Waals surface area contributed by atoms with Gasteiger partial charge in [0.25, 0.3) is 0 Å². The van der Waals surface area contributed by atoms with E-state index < -0.39 is 0 Å². The molecule has 32 heavy (non-hydrogen) atoms. The Bertz CT molecular complexity index is 1600. The largest absolute Gasteiger partial charge is 0.333 e. The molecule has 0 N–H and O–H groups in total. The number of fused-ring (bicyclic) bond motifs is 12. The van der Waals surface area contributed by atoms with Gasteiger partial charge in [-0.1, -0.05) is 109 Å². The van der Waals surface area contributed by atoms with Crippen molar-refractivity contribution in [2.24, 2.45) is 5.92 Å². The lowest BCUT2D eigenvalue weighted by Gasteiger charge is -2.47. The van der Waals surface area contributed by atoms with Gasteiger partial charge >= 0.3 is 0 Å². The third-order valence-electron chi connectivity index (χ3n) is 8.05. The van der Waals surface area contributed by atoms with Gasteiger partial charge in [-0.2, -0.15) is 0 Å². The highest BCUT2D eigenvalue weighted by atomic mass is 15.0. The zero-order valence-corrected chi connectivity index (χ0v) is 17.6. The lowest BCUT2D eigenvalue weighted by atomic mass is 9.59. The maximum Gasteiger partial charge on any atom is 0.0603 e. The summed E-state index contributed by atoms with van der Waals surface area (Å²) in [7, 11) is 0. The fraction of sp³-hybridized carbons (Fsp3) is 0.0968. The number of benzene rings is 4. The summed E-state index contributed by atoms with van der Waals surface area (Å²) in [6.07, 6.45) is 9.36. The Labute approximate surface area is 186 Å². The maximum atomic E-state index is 2.61. The van der Waals surface area contributed by atoms with E-state index in [0.717, 1.165) is 0 Å². The summed E-state index contributed by atoms with van der Waals surface area (Å²) in [6, 6.07) is 34.3. The van der Waals surface area contributed by atoms with Crippen molar-refractivity contribution in [3.05, 3.63) is 132 Å². The Kier molecular flexibility index (Phi) is 2.99. The van der Waals surface area contributed by atoms with Crippen LogP contribution in [0.5, 0.6) is 0 Å². The van der Waals surface area contributed by atoms with E-state index in [1.807, 2.05) is 0 Å². The monoisotopic (exact) mass is 407 g/mol. The zero-order valence-electron chi connectivity index (χ0n) is 17.6. The zero-order chi connectivity index (χ0) is 20.9. The fourth-order valence-electron chi connectivity index (χ4n) is 7.02.